The van der Waals surface area contributed by atoms with E-state index in [1.807, 2.05) is 0 Å². The molecular formula is C77H150O17P2. The summed E-state index contributed by atoms with van der Waals surface area (Å²) in [5.74, 6) is 0.988. The predicted octanol–water partition coefficient (Wildman–Crippen LogP) is 22.4. The number of aliphatic hydroxyl groups excluding tert-OH is 1. The lowest BCUT2D eigenvalue weighted by atomic mass is 9.99. The van der Waals surface area contributed by atoms with Gasteiger partial charge in [0.1, 0.15) is 19.3 Å². The molecule has 0 aliphatic heterocycles. The zero-order valence-corrected chi connectivity index (χ0v) is 64.8. The minimum Gasteiger partial charge on any atom is -0.462 e. The van der Waals surface area contributed by atoms with Crippen LogP contribution >= 0.6 is 15.6 Å². The lowest BCUT2D eigenvalue weighted by Gasteiger charge is -2.21. The molecule has 0 radical (unpaired) electrons. The van der Waals surface area contributed by atoms with Crippen LogP contribution in [0, 0.1) is 23.7 Å². The average molecular weight is 1410 g/mol. The lowest BCUT2D eigenvalue weighted by Crippen LogP contribution is -2.30. The highest BCUT2D eigenvalue weighted by atomic mass is 31.2. The minimum absolute atomic E-state index is 0.106. The maximum Gasteiger partial charge on any atom is 0.472 e. The highest BCUT2D eigenvalue weighted by molar-refractivity contribution is 7.47. The average Bonchev–Trinajstić information content (AvgIpc) is 1.86. The van der Waals surface area contributed by atoms with Crippen molar-refractivity contribution < 1.29 is 80.2 Å². The van der Waals surface area contributed by atoms with E-state index in [9.17, 15) is 43.2 Å². The Morgan fingerprint density at radius 3 is 0.740 bits per heavy atom. The Balaban J connectivity index is 5.21. The third kappa shape index (κ3) is 66.6. The van der Waals surface area contributed by atoms with Gasteiger partial charge in [-0.2, -0.15) is 0 Å². The normalized spacial score (nSPS) is 15.0. The molecular weight excluding hydrogens is 1260 g/mol. The molecule has 0 aromatic carbocycles. The predicted molar refractivity (Wildman–Crippen MR) is 391 cm³/mol. The molecule has 0 saturated carbocycles. The number of rotatable bonds is 74. The van der Waals surface area contributed by atoms with Gasteiger partial charge in [-0.1, -0.05) is 338 Å². The van der Waals surface area contributed by atoms with Crippen molar-refractivity contribution in [1.29, 1.82) is 0 Å². The molecule has 0 spiro atoms. The number of carbonyl (C=O) groups is 4. The summed E-state index contributed by atoms with van der Waals surface area (Å²) in [5, 5.41) is 10.6. The van der Waals surface area contributed by atoms with E-state index >= 15 is 0 Å². The Bertz CT molecular complexity index is 1890. The highest BCUT2D eigenvalue weighted by Crippen LogP contribution is 2.45. The van der Waals surface area contributed by atoms with Gasteiger partial charge in [-0.15, -0.1) is 0 Å². The molecule has 0 aromatic rings. The first-order valence-corrected chi connectivity index (χ1v) is 42.8. The maximum atomic E-state index is 13.1. The van der Waals surface area contributed by atoms with E-state index in [2.05, 4.69) is 55.4 Å². The Hall–Kier alpha value is -1.94. The fourth-order valence-electron chi connectivity index (χ4n) is 11.6. The van der Waals surface area contributed by atoms with Gasteiger partial charge in [-0.25, -0.2) is 9.13 Å². The largest absolute Gasteiger partial charge is 0.472 e. The lowest BCUT2D eigenvalue weighted by molar-refractivity contribution is -0.161. The van der Waals surface area contributed by atoms with E-state index in [4.69, 9.17) is 37.0 Å². The molecule has 0 fully saturated rings. The maximum absolute atomic E-state index is 13.1. The van der Waals surface area contributed by atoms with Crippen LogP contribution in [0.2, 0.25) is 0 Å². The van der Waals surface area contributed by atoms with Crippen LogP contribution in [-0.4, -0.2) is 96.7 Å². The number of hydrogen-bond acceptors (Lipinski definition) is 15. The van der Waals surface area contributed by atoms with Crippen molar-refractivity contribution in [3.05, 3.63) is 0 Å². The fraction of sp³-hybridized carbons (Fsp3) is 0.948. The second-order valence-corrected chi connectivity index (χ2v) is 31.9. The summed E-state index contributed by atoms with van der Waals surface area (Å²) in [6, 6.07) is 0. The standard InChI is InChI=1S/C77H150O17P2/c1-9-68(6)54-46-38-30-26-22-18-15-16-20-24-28-32-44-52-60-77(82)94-73(64-88-75(80)58-50-42-36-34-40-48-56-70(8)11-3)66-92-96(85,86)90-62-71(78)61-89-95(83,84)91-65-72(63-87-74(79)57-49-41-35-33-39-47-55-69(7)10-2)93-76(81)59-51-43-31-27-23-19-14-12-13-17-21-25-29-37-45-53-67(4)5/h67-73,78H,9-66H2,1-8H3,(H,83,84)(H,85,86)/t68?,69?,70?,71-,72+,73+/m0/s1. The molecule has 0 aliphatic carbocycles. The van der Waals surface area contributed by atoms with Crippen LogP contribution in [0.3, 0.4) is 0 Å². The summed E-state index contributed by atoms with van der Waals surface area (Å²) in [7, 11) is -9.91. The van der Waals surface area contributed by atoms with E-state index in [-0.39, 0.29) is 25.7 Å². The first kappa shape index (κ1) is 94.1. The number of phosphoric acid groups is 2. The summed E-state index contributed by atoms with van der Waals surface area (Å²) in [6.45, 7) is 14.2. The molecule has 17 nitrogen and oxygen atoms in total. The van der Waals surface area contributed by atoms with Gasteiger partial charge < -0.3 is 33.8 Å². The number of carbonyl (C=O) groups excluding carboxylic acids is 4. The molecule has 96 heavy (non-hydrogen) atoms. The zero-order valence-electron chi connectivity index (χ0n) is 63.0. The minimum atomic E-state index is -4.96. The summed E-state index contributed by atoms with van der Waals surface area (Å²) >= 11 is 0. The molecule has 3 N–H and O–H groups in total. The van der Waals surface area contributed by atoms with Crippen molar-refractivity contribution in [2.75, 3.05) is 39.6 Å². The molecule has 8 atom stereocenters. The van der Waals surface area contributed by atoms with Gasteiger partial charge in [0.15, 0.2) is 12.2 Å². The van der Waals surface area contributed by atoms with Crippen LogP contribution < -0.4 is 0 Å². The van der Waals surface area contributed by atoms with Gasteiger partial charge in [0, 0.05) is 25.7 Å². The van der Waals surface area contributed by atoms with E-state index in [0.29, 0.717) is 25.7 Å². The fourth-order valence-corrected chi connectivity index (χ4v) is 13.2. The van der Waals surface area contributed by atoms with Gasteiger partial charge in [-0.05, 0) is 49.4 Å². The van der Waals surface area contributed by atoms with E-state index in [0.717, 1.165) is 126 Å². The Labute approximate surface area is 588 Å². The van der Waals surface area contributed by atoms with Gasteiger partial charge in [0.2, 0.25) is 0 Å². The number of hydrogen-bond donors (Lipinski definition) is 3. The molecule has 0 amide bonds. The summed E-state index contributed by atoms with van der Waals surface area (Å²) in [4.78, 5) is 72.8. The summed E-state index contributed by atoms with van der Waals surface area (Å²) in [6.07, 6.45) is 51.4. The third-order valence-corrected chi connectivity index (χ3v) is 20.8. The quantitative estimate of drug-likeness (QED) is 0.0222. The summed E-state index contributed by atoms with van der Waals surface area (Å²) < 4.78 is 68.5. The van der Waals surface area contributed by atoms with Crippen molar-refractivity contribution in [2.24, 2.45) is 23.7 Å². The van der Waals surface area contributed by atoms with Gasteiger partial charge in [0.05, 0.1) is 26.4 Å². The summed E-state index contributed by atoms with van der Waals surface area (Å²) in [5.41, 5.74) is 0. The van der Waals surface area contributed by atoms with Crippen molar-refractivity contribution >= 4 is 39.5 Å². The van der Waals surface area contributed by atoms with E-state index < -0.39 is 97.5 Å². The van der Waals surface area contributed by atoms with Gasteiger partial charge in [-0.3, -0.25) is 37.3 Å². The van der Waals surface area contributed by atoms with Crippen LogP contribution in [0.1, 0.15) is 389 Å². The first-order valence-electron chi connectivity index (χ1n) is 39.8. The molecule has 5 unspecified atom stereocenters. The van der Waals surface area contributed by atoms with Crippen LogP contribution in [0.15, 0.2) is 0 Å². The van der Waals surface area contributed by atoms with E-state index in [1.165, 1.54) is 180 Å². The van der Waals surface area contributed by atoms with Crippen molar-refractivity contribution in [3.8, 4) is 0 Å². The van der Waals surface area contributed by atoms with Crippen molar-refractivity contribution in [3.63, 3.8) is 0 Å². The third-order valence-electron chi connectivity index (χ3n) is 18.9. The van der Waals surface area contributed by atoms with Crippen LogP contribution in [-0.2, 0) is 65.4 Å². The number of aliphatic hydroxyl groups is 1. The molecule has 0 aromatic heterocycles. The van der Waals surface area contributed by atoms with Gasteiger partial charge >= 0.3 is 39.5 Å². The van der Waals surface area contributed by atoms with Crippen LogP contribution in [0.5, 0.6) is 0 Å². The zero-order chi connectivity index (χ0) is 71.0. The number of esters is 4. The van der Waals surface area contributed by atoms with Crippen LogP contribution in [0.4, 0.5) is 0 Å². The Kier molecular flexibility index (Phi) is 65.0. The molecule has 0 heterocycles. The number of unbranched alkanes of at least 4 members (excludes halogenated alkanes) is 37. The molecule has 0 bridgehead atoms. The smallest absolute Gasteiger partial charge is 0.462 e. The Morgan fingerprint density at radius 2 is 0.500 bits per heavy atom. The SMILES string of the molecule is CCC(C)CCCCCCCCCCCCCCCCC(=O)O[C@H](COC(=O)CCCCCCCCC(C)CC)COP(=O)(O)OC[C@@H](O)COP(=O)(O)OC[C@@H](COC(=O)CCCCCCCCC(C)CC)OC(=O)CCCCCCCCCCCCCCCCCC(C)C. The van der Waals surface area contributed by atoms with Crippen molar-refractivity contribution in [1.82, 2.24) is 0 Å². The van der Waals surface area contributed by atoms with E-state index in [1.54, 1.807) is 0 Å². The Morgan fingerprint density at radius 1 is 0.292 bits per heavy atom. The second kappa shape index (κ2) is 66.3. The second-order valence-electron chi connectivity index (χ2n) is 28.9. The van der Waals surface area contributed by atoms with Crippen LogP contribution in [0.25, 0.3) is 0 Å². The molecule has 0 aliphatic rings. The number of phosphoric ester groups is 2. The monoisotopic (exact) mass is 1410 g/mol. The van der Waals surface area contributed by atoms with Gasteiger partial charge in [0.25, 0.3) is 0 Å². The number of ether oxygens (including phenoxy) is 4. The van der Waals surface area contributed by atoms with Crippen molar-refractivity contribution in [2.45, 2.75) is 408 Å². The molecule has 0 saturated heterocycles. The molecule has 570 valence electrons. The topological polar surface area (TPSA) is 237 Å². The first-order chi connectivity index (χ1) is 46.2. The molecule has 0 rings (SSSR count). The highest BCUT2D eigenvalue weighted by Gasteiger charge is 2.30. The molecule has 19 heteroatoms.